The second-order valence-corrected chi connectivity index (χ2v) is 6.24. The summed E-state index contributed by atoms with van der Waals surface area (Å²) in [4.78, 5) is 33.7. The number of carbonyl (C=O) groups excluding carboxylic acids is 1. The van der Waals surface area contributed by atoms with Gasteiger partial charge in [0.05, 0.1) is 11.3 Å². The van der Waals surface area contributed by atoms with Crippen molar-refractivity contribution in [2.24, 2.45) is 0 Å². The molecular formula is C16H15FN4O2S. The molecule has 124 valence electrons. The maximum absolute atomic E-state index is 12.8. The SMILES string of the molecule is Cc1cc2nc(SCC(=O)NCc3ccc(F)cc3)[nH]c(=O)c2[nH]1. The van der Waals surface area contributed by atoms with Gasteiger partial charge in [-0.15, -0.1) is 0 Å². The lowest BCUT2D eigenvalue weighted by Crippen LogP contribution is -2.24. The second-order valence-electron chi connectivity index (χ2n) is 5.28. The number of benzene rings is 1. The Balaban J connectivity index is 1.58. The van der Waals surface area contributed by atoms with Crippen molar-refractivity contribution in [1.29, 1.82) is 0 Å². The summed E-state index contributed by atoms with van der Waals surface area (Å²) in [5, 5.41) is 3.13. The van der Waals surface area contributed by atoms with Crippen molar-refractivity contribution in [3.63, 3.8) is 0 Å². The molecule has 0 saturated carbocycles. The standard InChI is InChI=1S/C16H15FN4O2S/c1-9-6-12-14(19-9)15(23)21-16(20-12)24-8-13(22)18-7-10-2-4-11(17)5-3-10/h2-6,19H,7-8H2,1H3,(H,18,22)(H,20,21,23). The van der Waals surface area contributed by atoms with Crippen LogP contribution in [0.1, 0.15) is 11.3 Å². The lowest BCUT2D eigenvalue weighted by atomic mass is 10.2. The van der Waals surface area contributed by atoms with E-state index in [1.54, 1.807) is 18.2 Å². The summed E-state index contributed by atoms with van der Waals surface area (Å²) in [5.74, 6) is -0.387. The van der Waals surface area contributed by atoms with Crippen LogP contribution < -0.4 is 10.9 Å². The van der Waals surface area contributed by atoms with Crippen LogP contribution in [0.5, 0.6) is 0 Å². The monoisotopic (exact) mass is 346 g/mol. The number of hydrogen-bond acceptors (Lipinski definition) is 4. The van der Waals surface area contributed by atoms with Crippen molar-refractivity contribution in [2.75, 3.05) is 5.75 Å². The van der Waals surface area contributed by atoms with Crippen molar-refractivity contribution in [2.45, 2.75) is 18.6 Å². The maximum Gasteiger partial charge on any atom is 0.275 e. The van der Waals surface area contributed by atoms with Gasteiger partial charge in [-0.2, -0.15) is 0 Å². The van der Waals surface area contributed by atoms with E-state index < -0.39 is 0 Å². The fraction of sp³-hybridized carbons (Fsp3) is 0.188. The minimum absolute atomic E-state index is 0.124. The topological polar surface area (TPSA) is 90.6 Å². The molecule has 3 rings (SSSR count). The van der Waals surface area contributed by atoms with E-state index in [0.29, 0.717) is 22.7 Å². The summed E-state index contributed by atoms with van der Waals surface area (Å²) < 4.78 is 12.8. The van der Waals surface area contributed by atoms with Crippen molar-refractivity contribution in [3.05, 3.63) is 57.8 Å². The number of amides is 1. The van der Waals surface area contributed by atoms with E-state index in [1.165, 1.54) is 12.1 Å². The number of nitrogens with one attached hydrogen (secondary N) is 3. The van der Waals surface area contributed by atoms with Crippen LogP contribution in [0.2, 0.25) is 0 Å². The summed E-state index contributed by atoms with van der Waals surface area (Å²) >= 11 is 1.15. The molecule has 0 bridgehead atoms. The number of carbonyl (C=O) groups is 1. The number of aryl methyl sites for hydroxylation is 1. The van der Waals surface area contributed by atoms with Crippen LogP contribution in [0, 0.1) is 12.7 Å². The van der Waals surface area contributed by atoms with Crippen LogP contribution in [0.25, 0.3) is 11.0 Å². The molecule has 0 fully saturated rings. The van der Waals surface area contributed by atoms with Crippen LogP contribution >= 0.6 is 11.8 Å². The van der Waals surface area contributed by atoms with Crippen LogP contribution in [0.3, 0.4) is 0 Å². The molecule has 0 unspecified atom stereocenters. The van der Waals surface area contributed by atoms with Crippen molar-refractivity contribution in [3.8, 4) is 0 Å². The number of halogens is 1. The number of rotatable bonds is 5. The number of fused-ring (bicyclic) bond motifs is 1. The fourth-order valence-corrected chi connectivity index (χ4v) is 2.89. The molecule has 1 aromatic carbocycles. The second kappa shape index (κ2) is 6.88. The van der Waals surface area contributed by atoms with Crippen LogP contribution in [0.4, 0.5) is 4.39 Å². The Morgan fingerprint density at radius 3 is 2.79 bits per heavy atom. The van der Waals surface area contributed by atoms with E-state index in [-0.39, 0.29) is 23.0 Å². The molecular weight excluding hydrogens is 331 g/mol. The Hall–Kier alpha value is -2.61. The first-order chi connectivity index (χ1) is 11.5. The molecule has 0 radical (unpaired) electrons. The smallest absolute Gasteiger partial charge is 0.275 e. The van der Waals surface area contributed by atoms with Gasteiger partial charge in [0.15, 0.2) is 5.16 Å². The van der Waals surface area contributed by atoms with Crippen molar-refractivity contribution < 1.29 is 9.18 Å². The Labute approximate surface area is 140 Å². The summed E-state index contributed by atoms with van der Waals surface area (Å²) in [5.41, 5.74) is 2.40. The molecule has 2 heterocycles. The van der Waals surface area contributed by atoms with E-state index in [9.17, 15) is 14.0 Å². The first-order valence-corrected chi connectivity index (χ1v) is 8.23. The molecule has 3 aromatic rings. The number of H-pyrrole nitrogens is 2. The van der Waals surface area contributed by atoms with Gasteiger partial charge in [-0.25, -0.2) is 9.37 Å². The molecule has 0 aliphatic heterocycles. The third kappa shape index (κ3) is 3.83. The first-order valence-electron chi connectivity index (χ1n) is 7.25. The summed E-state index contributed by atoms with van der Waals surface area (Å²) in [6.45, 7) is 2.16. The summed E-state index contributed by atoms with van der Waals surface area (Å²) in [6, 6.07) is 7.70. The third-order valence-corrected chi connectivity index (χ3v) is 4.22. The van der Waals surface area contributed by atoms with Gasteiger partial charge in [0, 0.05) is 12.2 Å². The lowest BCUT2D eigenvalue weighted by molar-refractivity contribution is -0.118. The number of thioether (sulfide) groups is 1. The minimum atomic E-state index is -0.314. The number of aromatic amines is 2. The van der Waals surface area contributed by atoms with E-state index in [0.717, 1.165) is 23.0 Å². The molecule has 2 aromatic heterocycles. The third-order valence-electron chi connectivity index (χ3n) is 3.34. The number of hydrogen-bond donors (Lipinski definition) is 3. The highest BCUT2D eigenvalue weighted by atomic mass is 32.2. The predicted molar refractivity (Wildman–Crippen MR) is 90.4 cm³/mol. The van der Waals surface area contributed by atoms with E-state index in [1.807, 2.05) is 6.92 Å². The van der Waals surface area contributed by atoms with Crippen LogP contribution in [-0.2, 0) is 11.3 Å². The normalized spacial score (nSPS) is 10.9. The van der Waals surface area contributed by atoms with Gasteiger partial charge in [-0.3, -0.25) is 14.6 Å². The molecule has 0 aliphatic rings. The van der Waals surface area contributed by atoms with Crippen molar-refractivity contribution >= 4 is 28.7 Å². The summed E-state index contributed by atoms with van der Waals surface area (Å²) in [6.07, 6.45) is 0. The minimum Gasteiger partial charge on any atom is -0.353 e. The molecule has 6 nitrogen and oxygen atoms in total. The fourth-order valence-electron chi connectivity index (χ4n) is 2.19. The Bertz CT molecular complexity index is 933. The van der Waals surface area contributed by atoms with E-state index in [4.69, 9.17) is 0 Å². The quantitative estimate of drug-likeness (QED) is 0.487. The Kier molecular flexibility index (Phi) is 4.66. The molecule has 24 heavy (non-hydrogen) atoms. The van der Waals surface area contributed by atoms with Gasteiger partial charge in [0.2, 0.25) is 5.91 Å². The molecule has 1 amide bonds. The Morgan fingerprint density at radius 2 is 2.04 bits per heavy atom. The average Bonchev–Trinajstić information content (AvgIpc) is 2.93. The van der Waals surface area contributed by atoms with Gasteiger partial charge in [-0.1, -0.05) is 23.9 Å². The van der Waals surface area contributed by atoms with Gasteiger partial charge in [0.1, 0.15) is 11.3 Å². The highest BCUT2D eigenvalue weighted by Gasteiger charge is 2.09. The molecule has 0 atom stereocenters. The molecule has 0 aliphatic carbocycles. The van der Waals surface area contributed by atoms with Gasteiger partial charge in [-0.05, 0) is 30.7 Å². The zero-order chi connectivity index (χ0) is 17.1. The zero-order valence-corrected chi connectivity index (χ0v) is 13.7. The first kappa shape index (κ1) is 16.3. The van der Waals surface area contributed by atoms with Crippen LogP contribution in [0.15, 0.2) is 40.3 Å². The predicted octanol–water partition coefficient (Wildman–Crippen LogP) is 2.11. The highest BCUT2D eigenvalue weighted by Crippen LogP contribution is 2.15. The maximum atomic E-state index is 12.8. The molecule has 0 spiro atoms. The molecule has 0 saturated heterocycles. The zero-order valence-electron chi connectivity index (χ0n) is 12.9. The molecule has 8 heteroatoms. The Morgan fingerprint density at radius 1 is 1.29 bits per heavy atom. The summed E-state index contributed by atoms with van der Waals surface area (Å²) in [7, 11) is 0. The van der Waals surface area contributed by atoms with Gasteiger partial charge >= 0.3 is 0 Å². The number of nitrogens with zero attached hydrogens (tertiary/aromatic N) is 1. The van der Waals surface area contributed by atoms with Crippen LogP contribution in [-0.4, -0.2) is 26.6 Å². The number of aromatic nitrogens is 3. The van der Waals surface area contributed by atoms with Gasteiger partial charge in [0.25, 0.3) is 5.56 Å². The van der Waals surface area contributed by atoms with E-state index >= 15 is 0 Å². The molecule has 3 N–H and O–H groups in total. The highest BCUT2D eigenvalue weighted by molar-refractivity contribution is 7.99. The largest absolute Gasteiger partial charge is 0.353 e. The van der Waals surface area contributed by atoms with E-state index in [2.05, 4.69) is 20.3 Å². The van der Waals surface area contributed by atoms with Crippen molar-refractivity contribution in [1.82, 2.24) is 20.3 Å². The van der Waals surface area contributed by atoms with Gasteiger partial charge < -0.3 is 10.3 Å². The lowest BCUT2D eigenvalue weighted by Gasteiger charge is -2.05. The average molecular weight is 346 g/mol.